The Balaban J connectivity index is 1.94. The van der Waals surface area contributed by atoms with E-state index < -0.39 is 0 Å². The number of rotatable bonds is 4. The minimum absolute atomic E-state index is 0.0884. The fraction of sp³-hybridized carbons (Fsp3) is 0.263. The van der Waals surface area contributed by atoms with E-state index in [0.29, 0.717) is 11.3 Å². The largest absolute Gasteiger partial charge is 0.375 e. The normalized spacial score (nSPS) is 10.7. The molecular formula is C19H21N3O. The van der Waals surface area contributed by atoms with E-state index in [1.165, 1.54) is 5.56 Å². The van der Waals surface area contributed by atoms with E-state index in [1.807, 2.05) is 30.3 Å². The molecule has 23 heavy (non-hydrogen) atoms. The number of benzene rings is 2. The third-order valence-corrected chi connectivity index (χ3v) is 3.52. The number of nitrogens with zero attached hydrogens (tertiary/aromatic N) is 1. The maximum atomic E-state index is 12.0. The Hall–Kier alpha value is -2.80. The molecule has 0 radical (unpaired) electrons. The molecule has 0 heterocycles. The number of anilines is 2. The Morgan fingerprint density at radius 1 is 1.09 bits per heavy atom. The predicted molar refractivity (Wildman–Crippen MR) is 93.4 cm³/mol. The van der Waals surface area contributed by atoms with Crippen LogP contribution in [0.3, 0.4) is 0 Å². The third kappa shape index (κ3) is 4.58. The van der Waals surface area contributed by atoms with Crippen LogP contribution in [0.5, 0.6) is 0 Å². The summed E-state index contributed by atoms with van der Waals surface area (Å²) >= 11 is 0. The molecule has 0 aliphatic heterocycles. The van der Waals surface area contributed by atoms with Crippen molar-refractivity contribution in [3.63, 3.8) is 0 Å². The van der Waals surface area contributed by atoms with Gasteiger partial charge in [-0.1, -0.05) is 45.0 Å². The Morgan fingerprint density at radius 2 is 1.74 bits per heavy atom. The Labute approximate surface area is 137 Å². The summed E-state index contributed by atoms with van der Waals surface area (Å²) < 4.78 is 0. The van der Waals surface area contributed by atoms with E-state index in [0.717, 1.165) is 5.69 Å². The second-order valence-electron chi connectivity index (χ2n) is 6.39. The van der Waals surface area contributed by atoms with Gasteiger partial charge in [0, 0.05) is 5.69 Å². The molecule has 1 amide bonds. The van der Waals surface area contributed by atoms with Crippen LogP contribution in [0.4, 0.5) is 11.4 Å². The lowest BCUT2D eigenvalue weighted by molar-refractivity contribution is -0.114. The molecule has 118 valence electrons. The highest BCUT2D eigenvalue weighted by molar-refractivity contribution is 5.93. The molecule has 0 atom stereocenters. The maximum Gasteiger partial charge on any atom is 0.243 e. The van der Waals surface area contributed by atoms with Gasteiger partial charge in [-0.05, 0) is 35.2 Å². The number of carbonyl (C=O) groups is 1. The van der Waals surface area contributed by atoms with Gasteiger partial charge >= 0.3 is 0 Å². The molecule has 0 fully saturated rings. The topological polar surface area (TPSA) is 64.9 Å². The summed E-state index contributed by atoms with van der Waals surface area (Å²) in [6.45, 7) is 6.56. The minimum atomic E-state index is -0.152. The van der Waals surface area contributed by atoms with Crippen molar-refractivity contribution in [3.8, 4) is 6.07 Å². The van der Waals surface area contributed by atoms with Crippen LogP contribution in [-0.4, -0.2) is 12.5 Å². The standard InChI is InChI=1S/C19H21N3O/c1-19(2,3)15-8-10-16(11-9-15)22-18(23)13-21-17-7-5-4-6-14(17)12-20/h4-11,21H,13H2,1-3H3,(H,22,23). The van der Waals surface area contributed by atoms with E-state index in [4.69, 9.17) is 5.26 Å². The van der Waals surface area contributed by atoms with Crippen LogP contribution in [0, 0.1) is 11.3 Å². The van der Waals surface area contributed by atoms with Crippen LogP contribution in [0.25, 0.3) is 0 Å². The molecule has 0 spiro atoms. The zero-order chi connectivity index (χ0) is 16.9. The summed E-state index contributed by atoms with van der Waals surface area (Å²) in [5, 5.41) is 14.8. The Kier molecular flexibility index (Phi) is 5.02. The average Bonchev–Trinajstić information content (AvgIpc) is 2.53. The summed E-state index contributed by atoms with van der Waals surface area (Å²) in [6.07, 6.45) is 0. The fourth-order valence-corrected chi connectivity index (χ4v) is 2.17. The zero-order valence-corrected chi connectivity index (χ0v) is 13.7. The second kappa shape index (κ2) is 6.97. The van der Waals surface area contributed by atoms with Crippen molar-refractivity contribution >= 4 is 17.3 Å². The molecule has 0 saturated carbocycles. The summed E-state index contributed by atoms with van der Waals surface area (Å²) in [5.74, 6) is -0.152. The predicted octanol–water partition coefficient (Wildman–Crippen LogP) is 3.91. The molecule has 0 bridgehead atoms. The molecule has 0 unspecified atom stereocenters. The van der Waals surface area contributed by atoms with Crippen LogP contribution in [0.15, 0.2) is 48.5 Å². The van der Waals surface area contributed by atoms with Gasteiger partial charge in [0.15, 0.2) is 0 Å². The molecule has 2 aromatic rings. The molecule has 4 nitrogen and oxygen atoms in total. The van der Waals surface area contributed by atoms with E-state index in [-0.39, 0.29) is 17.9 Å². The lowest BCUT2D eigenvalue weighted by Crippen LogP contribution is -2.22. The van der Waals surface area contributed by atoms with Gasteiger partial charge in [-0.15, -0.1) is 0 Å². The molecule has 2 aromatic carbocycles. The zero-order valence-electron chi connectivity index (χ0n) is 13.7. The van der Waals surface area contributed by atoms with Crippen LogP contribution in [-0.2, 0) is 10.2 Å². The van der Waals surface area contributed by atoms with E-state index >= 15 is 0 Å². The first-order chi connectivity index (χ1) is 10.9. The molecule has 2 N–H and O–H groups in total. The van der Waals surface area contributed by atoms with Gasteiger partial charge < -0.3 is 10.6 Å². The highest BCUT2D eigenvalue weighted by Crippen LogP contribution is 2.23. The van der Waals surface area contributed by atoms with Crippen molar-refractivity contribution in [3.05, 3.63) is 59.7 Å². The third-order valence-electron chi connectivity index (χ3n) is 3.52. The van der Waals surface area contributed by atoms with Gasteiger partial charge in [0.1, 0.15) is 6.07 Å². The fourth-order valence-electron chi connectivity index (χ4n) is 2.17. The number of para-hydroxylation sites is 1. The second-order valence-corrected chi connectivity index (χ2v) is 6.39. The number of nitriles is 1. The van der Waals surface area contributed by atoms with Crippen molar-refractivity contribution in [2.24, 2.45) is 0 Å². The monoisotopic (exact) mass is 307 g/mol. The van der Waals surface area contributed by atoms with Crippen LogP contribution >= 0.6 is 0 Å². The van der Waals surface area contributed by atoms with Gasteiger partial charge in [0.25, 0.3) is 0 Å². The summed E-state index contributed by atoms with van der Waals surface area (Å²) in [7, 11) is 0. The minimum Gasteiger partial charge on any atom is -0.375 e. The number of carbonyl (C=O) groups excluding carboxylic acids is 1. The van der Waals surface area contributed by atoms with Gasteiger partial charge in [0.05, 0.1) is 17.8 Å². The molecule has 4 heteroatoms. The summed E-state index contributed by atoms with van der Waals surface area (Å²) in [6, 6.07) is 17.1. The average molecular weight is 307 g/mol. The maximum absolute atomic E-state index is 12.0. The van der Waals surface area contributed by atoms with Crippen LogP contribution < -0.4 is 10.6 Å². The highest BCUT2D eigenvalue weighted by Gasteiger charge is 2.13. The summed E-state index contributed by atoms with van der Waals surface area (Å²) in [4.78, 5) is 12.0. The molecule has 0 aliphatic carbocycles. The number of hydrogen-bond donors (Lipinski definition) is 2. The number of nitrogens with one attached hydrogen (secondary N) is 2. The highest BCUT2D eigenvalue weighted by atomic mass is 16.1. The van der Waals surface area contributed by atoms with Crippen LogP contribution in [0.2, 0.25) is 0 Å². The molecular weight excluding hydrogens is 286 g/mol. The number of amides is 1. The Bertz CT molecular complexity index is 722. The molecule has 0 saturated heterocycles. The van der Waals surface area contributed by atoms with Crippen molar-refractivity contribution in [2.75, 3.05) is 17.2 Å². The lowest BCUT2D eigenvalue weighted by atomic mass is 9.87. The number of hydrogen-bond acceptors (Lipinski definition) is 3. The van der Waals surface area contributed by atoms with E-state index in [9.17, 15) is 4.79 Å². The SMILES string of the molecule is CC(C)(C)c1ccc(NC(=O)CNc2ccccc2C#N)cc1. The first-order valence-corrected chi connectivity index (χ1v) is 7.53. The smallest absolute Gasteiger partial charge is 0.243 e. The first kappa shape index (κ1) is 16.6. The quantitative estimate of drug-likeness (QED) is 0.900. The molecule has 0 aromatic heterocycles. The van der Waals surface area contributed by atoms with Gasteiger partial charge in [-0.25, -0.2) is 0 Å². The Morgan fingerprint density at radius 3 is 2.35 bits per heavy atom. The van der Waals surface area contributed by atoms with E-state index in [1.54, 1.807) is 18.2 Å². The van der Waals surface area contributed by atoms with Gasteiger partial charge in [0.2, 0.25) is 5.91 Å². The van der Waals surface area contributed by atoms with Crippen LogP contribution in [0.1, 0.15) is 31.9 Å². The summed E-state index contributed by atoms with van der Waals surface area (Å²) in [5.41, 5.74) is 3.25. The van der Waals surface area contributed by atoms with E-state index in [2.05, 4.69) is 37.5 Å². The van der Waals surface area contributed by atoms with Gasteiger partial charge in [-0.3, -0.25) is 4.79 Å². The van der Waals surface area contributed by atoms with Crippen molar-refractivity contribution < 1.29 is 4.79 Å². The molecule has 2 rings (SSSR count). The first-order valence-electron chi connectivity index (χ1n) is 7.53. The van der Waals surface area contributed by atoms with Crippen molar-refractivity contribution in [2.45, 2.75) is 26.2 Å². The van der Waals surface area contributed by atoms with Crippen molar-refractivity contribution in [1.82, 2.24) is 0 Å². The molecule has 0 aliphatic rings. The van der Waals surface area contributed by atoms with Gasteiger partial charge in [-0.2, -0.15) is 5.26 Å². The lowest BCUT2D eigenvalue weighted by Gasteiger charge is -2.19. The van der Waals surface area contributed by atoms with Crippen molar-refractivity contribution in [1.29, 1.82) is 5.26 Å².